The minimum atomic E-state index is -0.935. The van der Waals surface area contributed by atoms with Gasteiger partial charge in [-0.05, 0) is 69.6 Å². The molecule has 1 N–H and O–H groups in total. The summed E-state index contributed by atoms with van der Waals surface area (Å²) in [6.45, 7) is 5.97. The Labute approximate surface area is 236 Å². The number of hydrogen-bond acceptors (Lipinski definition) is 8. The van der Waals surface area contributed by atoms with Gasteiger partial charge in [0.25, 0.3) is 0 Å². The van der Waals surface area contributed by atoms with Gasteiger partial charge in [0.05, 0.1) is 35.8 Å². The van der Waals surface area contributed by atoms with Crippen LogP contribution in [0.1, 0.15) is 69.2 Å². The van der Waals surface area contributed by atoms with Crippen LogP contribution in [0.25, 0.3) is 11.0 Å². The number of ketones is 1. The van der Waals surface area contributed by atoms with Crippen LogP contribution in [0.5, 0.6) is 5.88 Å². The van der Waals surface area contributed by atoms with Gasteiger partial charge in [-0.2, -0.15) is 0 Å². The van der Waals surface area contributed by atoms with E-state index in [-0.39, 0.29) is 17.5 Å². The Morgan fingerprint density at radius 2 is 1.93 bits per heavy atom. The molecule has 4 aromatic rings. The summed E-state index contributed by atoms with van der Waals surface area (Å²) >= 11 is 1.52. The number of benzene rings is 1. The largest absolute Gasteiger partial charge is 0.478 e. The minimum absolute atomic E-state index is 0.0610. The van der Waals surface area contributed by atoms with Crippen molar-refractivity contribution in [2.24, 2.45) is 0 Å². The van der Waals surface area contributed by atoms with Crippen LogP contribution in [-0.4, -0.2) is 62.1 Å². The third kappa shape index (κ3) is 5.79. The van der Waals surface area contributed by atoms with Crippen molar-refractivity contribution in [1.29, 1.82) is 0 Å². The lowest BCUT2D eigenvalue weighted by molar-refractivity contribution is -0.0592. The van der Waals surface area contributed by atoms with Crippen molar-refractivity contribution in [3.63, 3.8) is 0 Å². The smallest absolute Gasteiger partial charge is 0.335 e. The highest BCUT2D eigenvalue weighted by molar-refractivity contribution is 7.10. The van der Waals surface area contributed by atoms with E-state index in [0.29, 0.717) is 37.1 Å². The predicted octanol–water partition coefficient (Wildman–Crippen LogP) is 5.14. The number of pyridine rings is 1. The Bertz CT molecular complexity index is 1530. The molecule has 2 saturated heterocycles. The molecule has 208 valence electrons. The molecule has 9 nitrogen and oxygen atoms in total. The molecule has 2 aliphatic heterocycles. The number of piperidine rings is 1. The Balaban J connectivity index is 1.10. The first-order valence-electron chi connectivity index (χ1n) is 13.7. The topological polar surface area (TPSA) is 107 Å². The number of ether oxygens (including phenoxy) is 2. The van der Waals surface area contributed by atoms with Crippen molar-refractivity contribution >= 4 is 34.1 Å². The summed E-state index contributed by atoms with van der Waals surface area (Å²) in [6.07, 6.45) is 3.12. The van der Waals surface area contributed by atoms with E-state index >= 15 is 0 Å². The van der Waals surface area contributed by atoms with Crippen molar-refractivity contribution in [3.8, 4) is 5.88 Å². The minimum Gasteiger partial charge on any atom is -0.478 e. The highest BCUT2D eigenvalue weighted by Crippen LogP contribution is 2.30. The van der Waals surface area contributed by atoms with Gasteiger partial charge in [0, 0.05) is 40.1 Å². The third-order valence-corrected chi connectivity index (χ3v) is 8.70. The first-order chi connectivity index (χ1) is 19.4. The Morgan fingerprint density at radius 3 is 2.62 bits per heavy atom. The van der Waals surface area contributed by atoms with E-state index in [1.54, 1.807) is 25.1 Å². The van der Waals surface area contributed by atoms with Gasteiger partial charge in [-0.3, -0.25) is 9.69 Å². The van der Waals surface area contributed by atoms with Crippen molar-refractivity contribution in [3.05, 3.63) is 75.4 Å². The van der Waals surface area contributed by atoms with Crippen molar-refractivity contribution in [2.45, 2.75) is 57.9 Å². The van der Waals surface area contributed by atoms with E-state index in [9.17, 15) is 14.7 Å². The van der Waals surface area contributed by atoms with Gasteiger partial charge < -0.3 is 19.1 Å². The van der Waals surface area contributed by atoms with Crippen molar-refractivity contribution in [2.75, 3.05) is 19.7 Å². The zero-order valence-corrected chi connectivity index (χ0v) is 23.2. The number of carbonyl (C=O) groups is 2. The second-order valence-electron chi connectivity index (χ2n) is 10.5. The van der Waals surface area contributed by atoms with Crippen molar-refractivity contribution < 1.29 is 24.2 Å². The van der Waals surface area contributed by atoms with Crippen LogP contribution in [-0.2, 0) is 24.4 Å². The number of hydrogen-bond donors (Lipinski definition) is 1. The number of nitrogens with zero attached hydrogens (tertiary/aromatic N) is 4. The molecule has 2 fully saturated rings. The summed E-state index contributed by atoms with van der Waals surface area (Å²) in [5.41, 5.74) is 3.69. The molecule has 1 atom stereocenters. The maximum absolute atomic E-state index is 11.6. The van der Waals surface area contributed by atoms with Gasteiger partial charge in [0.2, 0.25) is 5.88 Å². The summed E-state index contributed by atoms with van der Waals surface area (Å²) in [5.74, 6) is 1.03. The van der Waals surface area contributed by atoms with Gasteiger partial charge in [0.15, 0.2) is 5.78 Å². The fourth-order valence-electron chi connectivity index (χ4n) is 5.37. The number of carbonyl (C=O) groups excluding carboxylic acids is 1. The fraction of sp³-hybridized carbons (Fsp3) is 0.400. The molecular weight excluding hydrogens is 528 g/mol. The quantitative estimate of drug-likeness (QED) is 0.266. The first-order valence-corrected chi connectivity index (χ1v) is 14.6. The average molecular weight is 561 g/mol. The van der Waals surface area contributed by atoms with Crippen LogP contribution in [0.3, 0.4) is 0 Å². The highest BCUT2D eigenvalue weighted by atomic mass is 32.1. The molecule has 1 aromatic carbocycles. The number of Topliss-reactive ketones (excluding diaryl/α,β-unsaturated/α-hetero) is 1. The van der Waals surface area contributed by atoms with Crippen LogP contribution in [0.2, 0.25) is 0 Å². The average Bonchev–Trinajstić information content (AvgIpc) is 3.54. The SMILES string of the molecule is CC(=O)c1csc(COc2cccc(C3CCN(Cc4nc5ccc(C(=O)O)cc5n4CC4CCO4)CC3)n2)c1. The predicted molar refractivity (Wildman–Crippen MR) is 151 cm³/mol. The van der Waals surface area contributed by atoms with Crippen LogP contribution >= 0.6 is 11.3 Å². The summed E-state index contributed by atoms with van der Waals surface area (Å²) in [4.78, 5) is 36.2. The molecule has 5 heterocycles. The molecule has 1 unspecified atom stereocenters. The fourth-order valence-corrected chi connectivity index (χ4v) is 6.21. The molecule has 2 aliphatic rings. The first kappa shape index (κ1) is 26.6. The second-order valence-corrected chi connectivity index (χ2v) is 11.5. The van der Waals surface area contributed by atoms with E-state index in [0.717, 1.165) is 66.4 Å². The summed E-state index contributed by atoms with van der Waals surface area (Å²) in [7, 11) is 0. The van der Waals surface area contributed by atoms with E-state index in [4.69, 9.17) is 19.4 Å². The van der Waals surface area contributed by atoms with E-state index in [1.807, 2.05) is 23.6 Å². The molecule has 0 spiro atoms. The molecular formula is C30H32N4O5S. The van der Waals surface area contributed by atoms with Gasteiger partial charge in [-0.15, -0.1) is 11.3 Å². The van der Waals surface area contributed by atoms with Gasteiger partial charge in [-0.25, -0.2) is 14.8 Å². The molecule has 0 aliphatic carbocycles. The molecule has 0 bridgehead atoms. The number of fused-ring (bicyclic) bond motifs is 1. The van der Waals surface area contributed by atoms with Crippen LogP contribution in [0.4, 0.5) is 0 Å². The molecule has 0 radical (unpaired) electrons. The maximum Gasteiger partial charge on any atom is 0.335 e. The number of carboxylic acids is 1. The summed E-state index contributed by atoms with van der Waals surface area (Å²) in [5, 5.41) is 11.4. The molecule has 40 heavy (non-hydrogen) atoms. The summed E-state index contributed by atoms with van der Waals surface area (Å²) < 4.78 is 13.8. The van der Waals surface area contributed by atoms with Crippen LogP contribution < -0.4 is 4.74 Å². The number of thiophene rings is 1. The highest BCUT2D eigenvalue weighted by Gasteiger charge is 2.26. The molecule has 10 heteroatoms. The van der Waals surface area contributed by atoms with E-state index in [2.05, 4.69) is 15.5 Å². The molecule has 0 saturated carbocycles. The number of carboxylic acid groups (broad SMARTS) is 1. The number of aromatic carboxylic acids is 1. The summed E-state index contributed by atoms with van der Waals surface area (Å²) in [6, 6.07) is 13.0. The van der Waals surface area contributed by atoms with Gasteiger partial charge in [0.1, 0.15) is 12.4 Å². The third-order valence-electron chi connectivity index (χ3n) is 7.79. The zero-order chi connectivity index (χ0) is 27.6. The Kier molecular flexibility index (Phi) is 7.64. The van der Waals surface area contributed by atoms with Gasteiger partial charge in [-0.1, -0.05) is 6.07 Å². The number of imidazole rings is 1. The van der Waals surface area contributed by atoms with E-state index < -0.39 is 5.97 Å². The van der Waals surface area contributed by atoms with Crippen LogP contribution in [0, 0.1) is 0 Å². The standard InChI is InChI=1S/C30H32N4O5S/c1-19(35)22-13-24(40-18-22)17-39-29-4-2-3-25(32-29)20-7-10-33(11-8-20)16-28-31-26-6-5-21(30(36)37)14-27(26)34(28)15-23-9-12-38-23/h2-6,13-14,18,20,23H,7-12,15-17H2,1H3,(H,36,37). The Hall–Kier alpha value is -3.60. The lowest BCUT2D eigenvalue weighted by Gasteiger charge is -2.32. The Morgan fingerprint density at radius 1 is 1.10 bits per heavy atom. The van der Waals surface area contributed by atoms with Crippen molar-refractivity contribution in [1.82, 2.24) is 19.4 Å². The monoisotopic (exact) mass is 560 g/mol. The van der Waals surface area contributed by atoms with Crippen LogP contribution in [0.15, 0.2) is 47.8 Å². The molecule has 0 amide bonds. The van der Waals surface area contributed by atoms with E-state index in [1.165, 1.54) is 11.3 Å². The number of likely N-dealkylation sites (tertiary alicyclic amines) is 1. The normalized spacial score (nSPS) is 18.1. The number of rotatable bonds is 10. The lowest BCUT2D eigenvalue weighted by atomic mass is 9.93. The second kappa shape index (κ2) is 11.5. The maximum atomic E-state index is 11.6. The number of aromatic nitrogens is 3. The molecule has 6 rings (SSSR count). The molecule has 3 aromatic heterocycles. The zero-order valence-electron chi connectivity index (χ0n) is 22.4. The lowest BCUT2D eigenvalue weighted by Crippen LogP contribution is -2.35. The van der Waals surface area contributed by atoms with Gasteiger partial charge >= 0.3 is 5.97 Å².